The van der Waals surface area contributed by atoms with Gasteiger partial charge in [0.25, 0.3) is 0 Å². The van der Waals surface area contributed by atoms with Crippen LogP contribution in [-0.4, -0.2) is 18.5 Å². The Kier molecular flexibility index (Phi) is 3.70. The van der Waals surface area contributed by atoms with E-state index >= 15 is 0 Å². The highest BCUT2D eigenvalue weighted by Gasteiger charge is 2.05. The van der Waals surface area contributed by atoms with E-state index in [9.17, 15) is 0 Å². The van der Waals surface area contributed by atoms with Gasteiger partial charge in [-0.3, -0.25) is 0 Å². The molecule has 0 aliphatic heterocycles. The van der Waals surface area contributed by atoms with Crippen molar-refractivity contribution >= 4 is 0 Å². The zero-order chi connectivity index (χ0) is 10.7. The van der Waals surface area contributed by atoms with E-state index in [4.69, 9.17) is 0 Å². The van der Waals surface area contributed by atoms with Crippen molar-refractivity contribution in [2.24, 2.45) is 0 Å². The average Bonchev–Trinajstić information content (AvgIpc) is 2.10. The van der Waals surface area contributed by atoms with Crippen LogP contribution in [0, 0.1) is 20.8 Å². The topological polar surface area (TPSA) is 3.24 Å². The monoisotopic (exact) mass is 191 g/mol. The van der Waals surface area contributed by atoms with Crippen LogP contribution in [0.4, 0.5) is 0 Å². The quantitative estimate of drug-likeness (QED) is 0.709. The molecule has 0 spiro atoms. The largest absolute Gasteiger partial charge is 0.302 e. The summed E-state index contributed by atoms with van der Waals surface area (Å²) in [5.41, 5.74) is 5.69. The molecule has 0 unspecified atom stereocenters. The summed E-state index contributed by atoms with van der Waals surface area (Å²) < 4.78 is 0. The predicted octanol–water partition coefficient (Wildman–Crippen LogP) is 3.06. The number of hydrogen-bond donors (Lipinski definition) is 0. The number of rotatable bonds is 3. The molecule has 0 atom stereocenters. The zero-order valence-electron chi connectivity index (χ0n) is 10.0. The Bertz CT molecular complexity index is 292. The van der Waals surface area contributed by atoms with Crippen LogP contribution in [0.25, 0.3) is 0 Å². The van der Waals surface area contributed by atoms with Crippen molar-refractivity contribution in [3.8, 4) is 0 Å². The first-order valence-electron chi connectivity index (χ1n) is 5.30. The molecule has 0 aliphatic rings. The van der Waals surface area contributed by atoms with Gasteiger partial charge in [0.05, 0.1) is 0 Å². The van der Waals surface area contributed by atoms with Gasteiger partial charge in [0, 0.05) is 6.54 Å². The molecule has 1 aromatic rings. The van der Waals surface area contributed by atoms with Crippen molar-refractivity contribution in [1.29, 1.82) is 0 Å². The standard InChI is InChI=1S/C13H21N/c1-6-14(5)9-13-11(3)7-10(2)8-12(13)4/h7-8H,6,9H2,1-5H3. The van der Waals surface area contributed by atoms with E-state index in [1.54, 1.807) is 0 Å². The summed E-state index contributed by atoms with van der Waals surface area (Å²) in [6.45, 7) is 10.9. The van der Waals surface area contributed by atoms with E-state index in [-0.39, 0.29) is 0 Å². The van der Waals surface area contributed by atoms with E-state index < -0.39 is 0 Å². The molecular formula is C13H21N. The average molecular weight is 191 g/mol. The lowest BCUT2D eigenvalue weighted by Crippen LogP contribution is -2.18. The van der Waals surface area contributed by atoms with Crippen LogP contribution < -0.4 is 0 Å². The third kappa shape index (κ3) is 2.58. The Labute approximate surface area is 87.7 Å². The summed E-state index contributed by atoms with van der Waals surface area (Å²) in [6, 6.07) is 4.54. The van der Waals surface area contributed by atoms with Crippen molar-refractivity contribution in [3.05, 3.63) is 34.4 Å². The molecular weight excluding hydrogens is 170 g/mol. The molecule has 0 bridgehead atoms. The smallest absolute Gasteiger partial charge is 0.0235 e. The molecule has 1 aromatic carbocycles. The molecule has 0 saturated carbocycles. The van der Waals surface area contributed by atoms with Crippen LogP contribution in [0.2, 0.25) is 0 Å². The van der Waals surface area contributed by atoms with Crippen molar-refractivity contribution in [3.63, 3.8) is 0 Å². The summed E-state index contributed by atoms with van der Waals surface area (Å²) in [5, 5.41) is 0. The molecule has 14 heavy (non-hydrogen) atoms. The molecule has 0 radical (unpaired) electrons. The summed E-state index contributed by atoms with van der Waals surface area (Å²) in [7, 11) is 2.17. The molecule has 0 amide bonds. The first-order chi connectivity index (χ1) is 6.54. The van der Waals surface area contributed by atoms with Gasteiger partial charge >= 0.3 is 0 Å². The van der Waals surface area contributed by atoms with Crippen LogP contribution >= 0.6 is 0 Å². The van der Waals surface area contributed by atoms with Crippen molar-refractivity contribution in [1.82, 2.24) is 4.90 Å². The third-order valence-corrected chi connectivity index (χ3v) is 2.81. The number of hydrogen-bond acceptors (Lipinski definition) is 1. The van der Waals surface area contributed by atoms with E-state index in [2.05, 4.69) is 51.8 Å². The molecule has 78 valence electrons. The predicted molar refractivity (Wildman–Crippen MR) is 62.7 cm³/mol. The second-order valence-corrected chi connectivity index (χ2v) is 4.21. The lowest BCUT2D eigenvalue weighted by molar-refractivity contribution is 0.344. The van der Waals surface area contributed by atoms with Crippen molar-refractivity contribution < 1.29 is 0 Å². The van der Waals surface area contributed by atoms with Gasteiger partial charge in [-0.2, -0.15) is 0 Å². The van der Waals surface area contributed by atoms with Crippen molar-refractivity contribution in [2.45, 2.75) is 34.2 Å². The summed E-state index contributed by atoms with van der Waals surface area (Å²) >= 11 is 0. The Hall–Kier alpha value is -0.820. The number of nitrogens with zero attached hydrogens (tertiary/aromatic N) is 1. The first-order valence-corrected chi connectivity index (χ1v) is 5.30. The Morgan fingerprint density at radius 2 is 1.57 bits per heavy atom. The van der Waals surface area contributed by atoms with Gasteiger partial charge in [-0.15, -0.1) is 0 Å². The molecule has 0 N–H and O–H groups in total. The molecule has 0 saturated heterocycles. The van der Waals surface area contributed by atoms with Gasteiger partial charge in [0.1, 0.15) is 0 Å². The van der Waals surface area contributed by atoms with Gasteiger partial charge in [-0.05, 0) is 51.1 Å². The third-order valence-electron chi connectivity index (χ3n) is 2.81. The van der Waals surface area contributed by atoms with E-state index in [1.165, 1.54) is 22.3 Å². The second kappa shape index (κ2) is 4.61. The maximum atomic E-state index is 2.34. The lowest BCUT2D eigenvalue weighted by atomic mass is 9.99. The van der Waals surface area contributed by atoms with Crippen LogP contribution in [0.5, 0.6) is 0 Å². The Morgan fingerprint density at radius 1 is 1.07 bits per heavy atom. The van der Waals surface area contributed by atoms with Gasteiger partial charge in [0.2, 0.25) is 0 Å². The molecule has 0 aromatic heterocycles. The highest BCUT2D eigenvalue weighted by atomic mass is 15.1. The SMILES string of the molecule is CCN(C)Cc1c(C)cc(C)cc1C. The lowest BCUT2D eigenvalue weighted by Gasteiger charge is -2.18. The highest BCUT2D eigenvalue weighted by Crippen LogP contribution is 2.17. The van der Waals surface area contributed by atoms with Gasteiger partial charge in [0.15, 0.2) is 0 Å². The van der Waals surface area contributed by atoms with Crippen LogP contribution in [0.3, 0.4) is 0 Å². The van der Waals surface area contributed by atoms with Gasteiger partial charge < -0.3 is 4.90 Å². The fraction of sp³-hybridized carbons (Fsp3) is 0.538. The fourth-order valence-electron chi connectivity index (χ4n) is 1.84. The summed E-state index contributed by atoms with van der Waals surface area (Å²) in [4.78, 5) is 2.34. The minimum Gasteiger partial charge on any atom is -0.302 e. The fourth-order valence-corrected chi connectivity index (χ4v) is 1.84. The van der Waals surface area contributed by atoms with Crippen LogP contribution in [0.1, 0.15) is 29.2 Å². The van der Waals surface area contributed by atoms with Crippen LogP contribution in [-0.2, 0) is 6.54 Å². The normalized spacial score (nSPS) is 11.0. The molecule has 1 heteroatoms. The zero-order valence-corrected chi connectivity index (χ0v) is 10.0. The maximum Gasteiger partial charge on any atom is 0.0235 e. The van der Waals surface area contributed by atoms with Gasteiger partial charge in [-0.1, -0.05) is 24.6 Å². The maximum absolute atomic E-state index is 2.34. The highest BCUT2D eigenvalue weighted by molar-refractivity contribution is 5.37. The minimum absolute atomic E-state index is 1.06. The van der Waals surface area contributed by atoms with E-state index in [0.717, 1.165) is 13.1 Å². The molecule has 0 heterocycles. The van der Waals surface area contributed by atoms with E-state index in [0.29, 0.717) is 0 Å². The first kappa shape index (κ1) is 11.3. The molecule has 1 nitrogen and oxygen atoms in total. The van der Waals surface area contributed by atoms with Crippen LogP contribution in [0.15, 0.2) is 12.1 Å². The van der Waals surface area contributed by atoms with Crippen molar-refractivity contribution in [2.75, 3.05) is 13.6 Å². The van der Waals surface area contributed by atoms with E-state index in [1.807, 2.05) is 0 Å². The molecule has 0 fully saturated rings. The summed E-state index contributed by atoms with van der Waals surface area (Å²) in [6.07, 6.45) is 0. The Morgan fingerprint density at radius 3 is 2.00 bits per heavy atom. The Balaban J connectivity index is 2.96. The molecule has 1 rings (SSSR count). The number of aryl methyl sites for hydroxylation is 3. The number of benzene rings is 1. The summed E-state index contributed by atoms with van der Waals surface area (Å²) in [5.74, 6) is 0. The van der Waals surface area contributed by atoms with Gasteiger partial charge in [-0.25, -0.2) is 0 Å². The second-order valence-electron chi connectivity index (χ2n) is 4.21. The minimum atomic E-state index is 1.06. The molecule has 0 aliphatic carbocycles.